The van der Waals surface area contributed by atoms with Crippen LogP contribution in [0.5, 0.6) is 5.75 Å². The monoisotopic (exact) mass is 358 g/mol. The van der Waals surface area contributed by atoms with Gasteiger partial charge in [0, 0.05) is 0 Å². The van der Waals surface area contributed by atoms with E-state index in [1.165, 1.54) is 11.8 Å². The molecule has 24 heavy (non-hydrogen) atoms. The zero-order valence-electron chi connectivity index (χ0n) is 12.8. The average Bonchev–Trinajstić information content (AvgIpc) is 3.15. The Morgan fingerprint density at radius 1 is 1.29 bits per heavy atom. The first kappa shape index (κ1) is 16.4. The highest BCUT2D eigenvalue weighted by atomic mass is 32.2. The summed E-state index contributed by atoms with van der Waals surface area (Å²) < 4.78 is 5.21. The summed E-state index contributed by atoms with van der Waals surface area (Å²) in [6.45, 7) is 0. The van der Waals surface area contributed by atoms with E-state index in [0.717, 1.165) is 10.6 Å². The molecule has 1 amide bonds. The molecule has 1 N–H and O–H groups in total. The molecule has 0 saturated carbocycles. The summed E-state index contributed by atoms with van der Waals surface area (Å²) in [5.41, 5.74) is 1.39. The van der Waals surface area contributed by atoms with Crippen molar-refractivity contribution < 1.29 is 9.53 Å². The molecule has 0 atom stereocenters. The van der Waals surface area contributed by atoms with Crippen molar-refractivity contribution in [2.75, 3.05) is 18.2 Å². The maximum Gasteiger partial charge on any atom is 0.234 e. The average molecular weight is 358 g/mol. The molecule has 0 saturated heterocycles. The lowest BCUT2D eigenvalue weighted by atomic mass is 10.3. The molecule has 0 aliphatic heterocycles. The maximum atomic E-state index is 12.1. The van der Waals surface area contributed by atoms with Crippen molar-refractivity contribution in [2.24, 2.45) is 0 Å². The number of anilines is 1. The lowest BCUT2D eigenvalue weighted by Crippen LogP contribution is -2.15. The van der Waals surface area contributed by atoms with Crippen molar-refractivity contribution in [3.05, 3.63) is 48.0 Å². The molecule has 3 aromatic rings. The van der Waals surface area contributed by atoms with Crippen LogP contribution in [0.1, 0.15) is 0 Å². The first-order valence-corrected chi connectivity index (χ1v) is 8.92. The van der Waals surface area contributed by atoms with Gasteiger partial charge in [-0.15, -0.1) is 16.4 Å². The van der Waals surface area contributed by atoms with E-state index in [-0.39, 0.29) is 11.7 Å². The quantitative estimate of drug-likeness (QED) is 0.681. The molecule has 0 spiro atoms. The van der Waals surface area contributed by atoms with Crippen molar-refractivity contribution in [3.63, 3.8) is 0 Å². The fourth-order valence-electron chi connectivity index (χ4n) is 1.96. The number of benzene rings is 1. The van der Waals surface area contributed by atoms with Gasteiger partial charge in [-0.25, -0.2) is 4.98 Å². The van der Waals surface area contributed by atoms with Crippen LogP contribution in [-0.4, -0.2) is 34.0 Å². The Hall–Kier alpha value is -2.45. The highest BCUT2D eigenvalue weighted by Crippen LogP contribution is 2.25. The van der Waals surface area contributed by atoms with E-state index in [0.29, 0.717) is 16.6 Å². The minimum atomic E-state index is -0.158. The largest absolute Gasteiger partial charge is 0.495 e. The predicted molar refractivity (Wildman–Crippen MR) is 95.5 cm³/mol. The van der Waals surface area contributed by atoms with Gasteiger partial charge in [-0.05, 0) is 23.6 Å². The van der Waals surface area contributed by atoms with Gasteiger partial charge in [0.15, 0.2) is 0 Å². The molecule has 0 aliphatic carbocycles. The number of thiophene rings is 1. The van der Waals surface area contributed by atoms with Gasteiger partial charge in [-0.3, -0.25) is 4.79 Å². The van der Waals surface area contributed by atoms with Crippen LogP contribution in [0.15, 0.2) is 53.1 Å². The number of ether oxygens (including phenoxy) is 1. The third-order valence-corrected chi connectivity index (χ3v) is 4.76. The number of hydrogen-bond donors (Lipinski definition) is 1. The molecule has 2 aromatic heterocycles. The molecule has 0 fully saturated rings. The molecule has 8 heteroatoms. The molecule has 122 valence electrons. The minimum absolute atomic E-state index is 0.158. The topological polar surface area (TPSA) is 77.0 Å². The van der Waals surface area contributed by atoms with Crippen molar-refractivity contribution in [1.29, 1.82) is 0 Å². The van der Waals surface area contributed by atoms with E-state index in [2.05, 4.69) is 20.5 Å². The molecule has 0 unspecified atom stereocenters. The van der Waals surface area contributed by atoms with Crippen molar-refractivity contribution >= 4 is 34.7 Å². The van der Waals surface area contributed by atoms with Crippen molar-refractivity contribution in [2.45, 2.75) is 5.16 Å². The molecule has 3 rings (SSSR count). The standard InChI is InChI=1S/C16H14N4O2S2/c1-22-13-6-3-2-5-11(13)18-15(21)10-24-16-19-12(9-17-20-16)14-7-4-8-23-14/h2-9H,10H2,1H3,(H,18,21). The predicted octanol–water partition coefficient (Wildman–Crippen LogP) is 3.34. The maximum absolute atomic E-state index is 12.1. The van der Waals surface area contributed by atoms with E-state index in [9.17, 15) is 4.79 Å². The number of para-hydroxylation sites is 2. The van der Waals surface area contributed by atoms with Crippen LogP contribution in [0.4, 0.5) is 5.69 Å². The number of thioether (sulfide) groups is 1. The summed E-state index contributed by atoms with van der Waals surface area (Å²) in [5, 5.41) is 13.2. The van der Waals surface area contributed by atoms with Crippen LogP contribution in [0, 0.1) is 0 Å². The fourth-order valence-corrected chi connectivity index (χ4v) is 3.24. The van der Waals surface area contributed by atoms with E-state index in [1.54, 1.807) is 36.8 Å². The first-order valence-electron chi connectivity index (χ1n) is 7.05. The van der Waals surface area contributed by atoms with E-state index in [1.807, 2.05) is 29.6 Å². The van der Waals surface area contributed by atoms with E-state index >= 15 is 0 Å². The molecule has 0 radical (unpaired) electrons. The molecule has 0 aliphatic rings. The van der Waals surface area contributed by atoms with Crippen LogP contribution in [0.2, 0.25) is 0 Å². The molecule has 0 bridgehead atoms. The minimum Gasteiger partial charge on any atom is -0.495 e. The second-order valence-electron chi connectivity index (χ2n) is 4.64. The fraction of sp³-hybridized carbons (Fsp3) is 0.125. The number of aromatic nitrogens is 3. The van der Waals surface area contributed by atoms with Gasteiger partial charge in [0.25, 0.3) is 0 Å². The third kappa shape index (κ3) is 4.09. The highest BCUT2D eigenvalue weighted by molar-refractivity contribution is 7.99. The smallest absolute Gasteiger partial charge is 0.234 e. The highest BCUT2D eigenvalue weighted by Gasteiger charge is 2.10. The van der Waals surface area contributed by atoms with Crippen LogP contribution in [0.25, 0.3) is 10.6 Å². The Bertz CT molecular complexity index is 824. The van der Waals surface area contributed by atoms with Gasteiger partial charge in [0.05, 0.1) is 29.6 Å². The number of nitrogens with zero attached hydrogens (tertiary/aromatic N) is 3. The Labute approximate surface area is 147 Å². The number of nitrogens with one attached hydrogen (secondary N) is 1. The molecular formula is C16H14N4O2S2. The number of carbonyl (C=O) groups excluding carboxylic acids is 1. The molecule has 6 nitrogen and oxygen atoms in total. The lowest BCUT2D eigenvalue weighted by molar-refractivity contribution is -0.113. The zero-order valence-corrected chi connectivity index (χ0v) is 14.4. The zero-order chi connectivity index (χ0) is 16.8. The normalized spacial score (nSPS) is 10.4. The molecule has 2 heterocycles. The number of methoxy groups -OCH3 is 1. The molecular weight excluding hydrogens is 344 g/mol. The SMILES string of the molecule is COc1ccccc1NC(=O)CSc1nncc(-c2cccs2)n1. The summed E-state index contributed by atoms with van der Waals surface area (Å²) >= 11 is 2.82. The first-order chi connectivity index (χ1) is 11.8. The van der Waals surface area contributed by atoms with Crippen LogP contribution in [-0.2, 0) is 4.79 Å². The van der Waals surface area contributed by atoms with E-state index in [4.69, 9.17) is 4.74 Å². The van der Waals surface area contributed by atoms with Gasteiger partial charge in [0.2, 0.25) is 11.1 Å². The summed E-state index contributed by atoms with van der Waals surface area (Å²) in [7, 11) is 1.56. The number of carbonyl (C=O) groups is 1. The number of hydrogen-bond acceptors (Lipinski definition) is 7. The van der Waals surface area contributed by atoms with Gasteiger partial charge < -0.3 is 10.1 Å². The Morgan fingerprint density at radius 2 is 2.17 bits per heavy atom. The Kier molecular flexibility index (Phi) is 5.39. The van der Waals surface area contributed by atoms with Crippen molar-refractivity contribution in [3.8, 4) is 16.3 Å². The summed E-state index contributed by atoms with van der Waals surface area (Å²) in [5.74, 6) is 0.649. The lowest BCUT2D eigenvalue weighted by Gasteiger charge is -2.09. The Balaban J connectivity index is 1.61. The summed E-state index contributed by atoms with van der Waals surface area (Å²) in [6.07, 6.45) is 1.62. The number of amides is 1. The second kappa shape index (κ2) is 7.89. The van der Waals surface area contributed by atoms with Crippen LogP contribution >= 0.6 is 23.1 Å². The second-order valence-corrected chi connectivity index (χ2v) is 6.53. The van der Waals surface area contributed by atoms with Gasteiger partial charge in [-0.2, -0.15) is 5.10 Å². The van der Waals surface area contributed by atoms with Crippen molar-refractivity contribution in [1.82, 2.24) is 15.2 Å². The molecule has 1 aromatic carbocycles. The Morgan fingerprint density at radius 3 is 2.96 bits per heavy atom. The van der Waals surface area contributed by atoms with E-state index < -0.39 is 0 Å². The number of rotatable bonds is 6. The van der Waals surface area contributed by atoms with Gasteiger partial charge in [0.1, 0.15) is 11.4 Å². The van der Waals surface area contributed by atoms with Crippen LogP contribution < -0.4 is 10.1 Å². The summed E-state index contributed by atoms with van der Waals surface area (Å²) in [6, 6.07) is 11.2. The van der Waals surface area contributed by atoms with Gasteiger partial charge in [-0.1, -0.05) is 30.0 Å². The van der Waals surface area contributed by atoms with Gasteiger partial charge >= 0.3 is 0 Å². The summed E-state index contributed by atoms with van der Waals surface area (Å²) in [4.78, 5) is 17.5. The van der Waals surface area contributed by atoms with Crippen LogP contribution in [0.3, 0.4) is 0 Å². The third-order valence-electron chi connectivity index (χ3n) is 3.03.